The fraction of sp³-hybridized carbons (Fsp3) is 0.467. The number of halogens is 3. The Kier molecular flexibility index (Phi) is 4.39. The Morgan fingerprint density at radius 2 is 2.13 bits per heavy atom. The van der Waals surface area contributed by atoms with Crippen LogP contribution in [0.4, 0.5) is 14.5 Å². The van der Waals surface area contributed by atoms with Crippen molar-refractivity contribution in [1.29, 1.82) is 0 Å². The van der Waals surface area contributed by atoms with Gasteiger partial charge in [-0.25, -0.2) is 0 Å². The van der Waals surface area contributed by atoms with Crippen molar-refractivity contribution in [2.75, 3.05) is 11.9 Å². The molecule has 23 heavy (non-hydrogen) atoms. The molecule has 1 atom stereocenters. The molecule has 2 amide bonds. The normalized spacial score (nSPS) is 21.0. The van der Waals surface area contributed by atoms with Gasteiger partial charge in [-0.1, -0.05) is 11.6 Å². The van der Waals surface area contributed by atoms with Crippen LogP contribution in [0.2, 0.25) is 5.02 Å². The fourth-order valence-electron chi connectivity index (χ4n) is 2.66. The molecule has 3 rings (SSSR count). The maximum atomic E-state index is 12.2. The molecule has 1 aromatic carbocycles. The first-order valence-corrected chi connectivity index (χ1v) is 7.66. The van der Waals surface area contributed by atoms with Crippen molar-refractivity contribution in [2.45, 2.75) is 31.9 Å². The zero-order chi connectivity index (χ0) is 16.6. The standard InChI is InChI=1S/C15H15ClF2N2O3/c16-11-6-9(1-4-12(11)23-15(17)18)19-14(22)8-5-13(21)20(7-8)10-2-3-10/h1,4,6,8,10,15H,2-3,5,7H2,(H,19,22). The molecule has 1 N–H and O–H groups in total. The molecule has 1 saturated heterocycles. The second-order valence-corrected chi connectivity index (χ2v) is 6.10. The smallest absolute Gasteiger partial charge is 0.387 e. The average Bonchev–Trinajstić information content (AvgIpc) is 3.24. The van der Waals surface area contributed by atoms with Crippen molar-refractivity contribution < 1.29 is 23.1 Å². The van der Waals surface area contributed by atoms with E-state index < -0.39 is 12.5 Å². The first kappa shape index (κ1) is 16.0. The summed E-state index contributed by atoms with van der Waals surface area (Å²) in [5.41, 5.74) is 0.374. The zero-order valence-electron chi connectivity index (χ0n) is 12.1. The molecular formula is C15H15ClF2N2O3. The van der Waals surface area contributed by atoms with E-state index >= 15 is 0 Å². The lowest BCUT2D eigenvalue weighted by molar-refractivity contribution is -0.128. The molecule has 124 valence electrons. The van der Waals surface area contributed by atoms with Crippen LogP contribution < -0.4 is 10.1 Å². The number of carbonyl (C=O) groups is 2. The third-order valence-electron chi connectivity index (χ3n) is 3.93. The second kappa shape index (κ2) is 6.31. The summed E-state index contributed by atoms with van der Waals surface area (Å²) in [7, 11) is 0. The Morgan fingerprint density at radius 3 is 2.74 bits per heavy atom. The lowest BCUT2D eigenvalue weighted by Gasteiger charge is -2.15. The maximum Gasteiger partial charge on any atom is 0.387 e. The van der Waals surface area contributed by atoms with Crippen LogP contribution >= 0.6 is 11.6 Å². The van der Waals surface area contributed by atoms with Crippen LogP contribution in [-0.4, -0.2) is 35.9 Å². The lowest BCUT2D eigenvalue weighted by Crippen LogP contribution is -2.29. The van der Waals surface area contributed by atoms with E-state index in [9.17, 15) is 18.4 Å². The van der Waals surface area contributed by atoms with Crippen LogP contribution in [0.5, 0.6) is 5.75 Å². The molecule has 0 bridgehead atoms. The minimum Gasteiger partial charge on any atom is -0.433 e. The number of hydrogen-bond acceptors (Lipinski definition) is 3. The van der Waals surface area contributed by atoms with Crippen LogP contribution in [0, 0.1) is 5.92 Å². The highest BCUT2D eigenvalue weighted by Crippen LogP contribution is 2.33. The lowest BCUT2D eigenvalue weighted by atomic mass is 10.1. The topological polar surface area (TPSA) is 58.6 Å². The highest BCUT2D eigenvalue weighted by Gasteiger charge is 2.41. The molecule has 0 aromatic heterocycles. The first-order chi connectivity index (χ1) is 10.9. The summed E-state index contributed by atoms with van der Waals surface area (Å²) < 4.78 is 28.6. The van der Waals surface area contributed by atoms with Gasteiger partial charge in [0.05, 0.1) is 10.9 Å². The third-order valence-corrected chi connectivity index (χ3v) is 4.23. The molecule has 5 nitrogen and oxygen atoms in total. The molecule has 1 aliphatic heterocycles. The fourth-order valence-corrected chi connectivity index (χ4v) is 2.89. The molecule has 1 aliphatic carbocycles. The van der Waals surface area contributed by atoms with E-state index in [1.54, 1.807) is 4.90 Å². The van der Waals surface area contributed by atoms with Gasteiger partial charge in [0.2, 0.25) is 11.8 Å². The Balaban J connectivity index is 1.61. The predicted molar refractivity (Wildman–Crippen MR) is 79.6 cm³/mol. The number of rotatable bonds is 5. The van der Waals surface area contributed by atoms with Crippen LogP contribution in [0.1, 0.15) is 19.3 Å². The third kappa shape index (κ3) is 3.72. The average molecular weight is 345 g/mol. The Morgan fingerprint density at radius 1 is 1.39 bits per heavy atom. The van der Waals surface area contributed by atoms with Gasteiger partial charge in [-0.2, -0.15) is 8.78 Å². The van der Waals surface area contributed by atoms with Gasteiger partial charge in [0.1, 0.15) is 5.75 Å². The van der Waals surface area contributed by atoms with Gasteiger partial charge in [-0.05, 0) is 31.0 Å². The second-order valence-electron chi connectivity index (χ2n) is 5.69. The Bertz CT molecular complexity index is 637. The Labute approximate surface area is 136 Å². The largest absolute Gasteiger partial charge is 0.433 e. The number of nitrogens with zero attached hydrogens (tertiary/aromatic N) is 1. The minimum absolute atomic E-state index is 0.00589. The van der Waals surface area contributed by atoms with Crippen LogP contribution in [0.25, 0.3) is 0 Å². The van der Waals surface area contributed by atoms with Gasteiger partial charge in [-0.3, -0.25) is 9.59 Å². The van der Waals surface area contributed by atoms with Gasteiger partial charge in [0.15, 0.2) is 0 Å². The Hall–Kier alpha value is -1.89. The summed E-state index contributed by atoms with van der Waals surface area (Å²) >= 11 is 5.84. The summed E-state index contributed by atoms with van der Waals surface area (Å²) in [5.74, 6) is -0.832. The van der Waals surface area contributed by atoms with Crippen molar-refractivity contribution in [3.63, 3.8) is 0 Å². The van der Waals surface area contributed by atoms with Crippen molar-refractivity contribution in [3.05, 3.63) is 23.2 Å². The molecule has 2 aliphatic rings. The van der Waals surface area contributed by atoms with Crippen molar-refractivity contribution in [2.24, 2.45) is 5.92 Å². The van der Waals surface area contributed by atoms with Crippen LogP contribution in [-0.2, 0) is 9.59 Å². The number of anilines is 1. The molecule has 2 fully saturated rings. The van der Waals surface area contributed by atoms with Crippen LogP contribution in [0.15, 0.2) is 18.2 Å². The number of amides is 2. The minimum atomic E-state index is -2.97. The van der Waals surface area contributed by atoms with Gasteiger partial charge < -0.3 is 15.0 Å². The summed E-state index contributed by atoms with van der Waals surface area (Å²) in [5, 5.41) is 2.64. The quantitative estimate of drug-likeness (QED) is 0.893. The highest BCUT2D eigenvalue weighted by molar-refractivity contribution is 6.32. The number of nitrogens with one attached hydrogen (secondary N) is 1. The van der Waals surface area contributed by atoms with E-state index in [0.717, 1.165) is 12.8 Å². The predicted octanol–water partition coefficient (Wildman–Crippen LogP) is 2.89. The number of likely N-dealkylation sites (tertiary alicyclic amines) is 1. The van der Waals surface area contributed by atoms with Crippen molar-refractivity contribution in [3.8, 4) is 5.75 Å². The number of ether oxygens (including phenoxy) is 1. The van der Waals surface area contributed by atoms with Gasteiger partial charge in [0, 0.05) is 24.7 Å². The number of benzene rings is 1. The maximum absolute atomic E-state index is 12.2. The molecule has 1 unspecified atom stereocenters. The highest BCUT2D eigenvalue weighted by atomic mass is 35.5. The van der Waals surface area contributed by atoms with E-state index in [1.807, 2.05) is 0 Å². The van der Waals surface area contributed by atoms with Gasteiger partial charge in [-0.15, -0.1) is 0 Å². The summed E-state index contributed by atoms with van der Waals surface area (Å²) in [6, 6.07) is 4.32. The summed E-state index contributed by atoms with van der Waals surface area (Å²) in [6.07, 6.45) is 2.20. The monoisotopic (exact) mass is 344 g/mol. The molecule has 1 heterocycles. The number of alkyl halides is 2. The van der Waals surface area contributed by atoms with E-state index in [2.05, 4.69) is 10.1 Å². The van der Waals surface area contributed by atoms with E-state index in [0.29, 0.717) is 18.3 Å². The van der Waals surface area contributed by atoms with E-state index in [-0.39, 0.29) is 29.0 Å². The molecule has 0 radical (unpaired) electrons. The number of hydrogen-bond donors (Lipinski definition) is 1. The summed E-state index contributed by atoms with van der Waals surface area (Å²) in [4.78, 5) is 25.9. The molecule has 1 saturated carbocycles. The van der Waals surface area contributed by atoms with Crippen molar-refractivity contribution >= 4 is 29.1 Å². The zero-order valence-corrected chi connectivity index (χ0v) is 12.9. The SMILES string of the molecule is O=C(Nc1ccc(OC(F)F)c(Cl)c1)C1CC(=O)N(C2CC2)C1. The van der Waals surface area contributed by atoms with E-state index in [4.69, 9.17) is 11.6 Å². The van der Waals surface area contributed by atoms with Gasteiger partial charge >= 0.3 is 6.61 Å². The molecular weight excluding hydrogens is 330 g/mol. The van der Waals surface area contributed by atoms with Crippen LogP contribution in [0.3, 0.4) is 0 Å². The molecule has 1 aromatic rings. The number of carbonyl (C=O) groups excluding carboxylic acids is 2. The summed E-state index contributed by atoms with van der Waals surface area (Å²) in [6.45, 7) is -2.54. The molecule has 8 heteroatoms. The first-order valence-electron chi connectivity index (χ1n) is 7.28. The van der Waals surface area contributed by atoms with Gasteiger partial charge in [0.25, 0.3) is 0 Å². The van der Waals surface area contributed by atoms with Crippen molar-refractivity contribution in [1.82, 2.24) is 4.90 Å². The molecule has 0 spiro atoms. The van der Waals surface area contributed by atoms with E-state index in [1.165, 1.54) is 18.2 Å².